The first kappa shape index (κ1) is 16.3. The lowest BCUT2D eigenvalue weighted by Gasteiger charge is -2.16. The molecule has 1 aliphatic heterocycles. The third-order valence-electron chi connectivity index (χ3n) is 4.51. The zero-order chi connectivity index (χ0) is 17.6. The molecule has 4 nitrogen and oxygen atoms in total. The van der Waals surface area contributed by atoms with E-state index >= 15 is 0 Å². The van der Waals surface area contributed by atoms with Crippen molar-refractivity contribution >= 4 is 27.0 Å². The number of hydrogen-bond acceptors (Lipinski definition) is 4. The van der Waals surface area contributed by atoms with Gasteiger partial charge in [-0.25, -0.2) is 13.4 Å². The third-order valence-corrected chi connectivity index (χ3v) is 6.56. The van der Waals surface area contributed by atoms with Crippen molar-refractivity contribution in [1.29, 1.82) is 0 Å². The fourth-order valence-corrected chi connectivity index (χ4v) is 5.10. The van der Waals surface area contributed by atoms with Crippen LogP contribution in [0.4, 0.5) is 5.69 Å². The van der Waals surface area contributed by atoms with Crippen molar-refractivity contribution in [2.75, 3.05) is 17.1 Å². The quantitative estimate of drug-likeness (QED) is 0.697. The van der Waals surface area contributed by atoms with Gasteiger partial charge in [0.2, 0.25) is 10.0 Å². The van der Waals surface area contributed by atoms with Gasteiger partial charge in [0.25, 0.3) is 0 Å². The van der Waals surface area contributed by atoms with Crippen molar-refractivity contribution < 1.29 is 8.42 Å². The second-order valence-electron chi connectivity index (χ2n) is 6.28. The van der Waals surface area contributed by atoms with Gasteiger partial charge in [0.1, 0.15) is 5.01 Å². The van der Waals surface area contributed by atoms with E-state index < -0.39 is 10.0 Å². The average Bonchev–Trinajstić information content (AvgIpc) is 3.21. The molecule has 0 unspecified atom stereocenters. The molecule has 25 heavy (non-hydrogen) atoms. The average molecular weight is 370 g/mol. The zero-order valence-corrected chi connectivity index (χ0v) is 15.7. The molecule has 2 aromatic carbocycles. The molecule has 0 bridgehead atoms. The Balaban J connectivity index is 1.70. The molecule has 1 aromatic heterocycles. The van der Waals surface area contributed by atoms with Gasteiger partial charge in [-0.1, -0.05) is 30.3 Å². The van der Waals surface area contributed by atoms with Crippen LogP contribution in [0.1, 0.15) is 11.1 Å². The van der Waals surface area contributed by atoms with E-state index in [1.807, 2.05) is 24.3 Å². The number of fused-ring (bicyclic) bond motifs is 1. The molecule has 0 fully saturated rings. The van der Waals surface area contributed by atoms with Crippen LogP contribution >= 0.6 is 11.3 Å². The smallest absolute Gasteiger partial charge is 0.232 e. The minimum absolute atomic E-state index is 0.517. The van der Waals surface area contributed by atoms with Crippen LogP contribution in [0.3, 0.4) is 0 Å². The first-order chi connectivity index (χ1) is 11.9. The Kier molecular flexibility index (Phi) is 3.89. The number of aryl methyl sites for hydroxylation is 1. The van der Waals surface area contributed by atoms with Crippen LogP contribution < -0.4 is 4.31 Å². The molecule has 0 amide bonds. The summed E-state index contributed by atoms with van der Waals surface area (Å²) in [4.78, 5) is 4.79. The number of nitrogens with zero attached hydrogens (tertiary/aromatic N) is 2. The molecule has 0 saturated heterocycles. The number of sulfonamides is 1. The minimum atomic E-state index is -3.21. The van der Waals surface area contributed by atoms with Gasteiger partial charge in [0.05, 0.1) is 17.6 Å². The minimum Gasteiger partial charge on any atom is -0.270 e. The van der Waals surface area contributed by atoms with E-state index in [9.17, 15) is 8.42 Å². The van der Waals surface area contributed by atoms with Crippen molar-refractivity contribution in [3.05, 3.63) is 59.0 Å². The number of aromatic nitrogens is 1. The van der Waals surface area contributed by atoms with Gasteiger partial charge in [-0.3, -0.25) is 4.31 Å². The molecule has 2 heterocycles. The molecule has 0 radical (unpaired) electrons. The lowest BCUT2D eigenvalue weighted by molar-refractivity contribution is 0.598. The fraction of sp³-hybridized carbons (Fsp3) is 0.211. The largest absolute Gasteiger partial charge is 0.270 e. The number of anilines is 1. The van der Waals surface area contributed by atoms with Crippen LogP contribution in [0.2, 0.25) is 0 Å². The van der Waals surface area contributed by atoms with E-state index in [2.05, 4.69) is 30.5 Å². The maximum Gasteiger partial charge on any atom is 0.232 e. The highest BCUT2D eigenvalue weighted by Crippen LogP contribution is 2.35. The van der Waals surface area contributed by atoms with Crippen LogP contribution in [-0.2, 0) is 16.4 Å². The molecule has 0 N–H and O–H groups in total. The van der Waals surface area contributed by atoms with Gasteiger partial charge in [0, 0.05) is 23.1 Å². The Morgan fingerprint density at radius 2 is 1.96 bits per heavy atom. The Hall–Kier alpha value is -2.18. The summed E-state index contributed by atoms with van der Waals surface area (Å²) in [6, 6.07) is 14.2. The van der Waals surface area contributed by atoms with E-state index in [0.29, 0.717) is 6.54 Å². The number of hydrogen-bond donors (Lipinski definition) is 0. The lowest BCUT2D eigenvalue weighted by Crippen LogP contribution is -2.27. The fourth-order valence-electron chi connectivity index (χ4n) is 3.22. The molecule has 4 rings (SSSR count). The number of rotatable bonds is 3. The maximum atomic E-state index is 11.9. The predicted molar refractivity (Wildman–Crippen MR) is 104 cm³/mol. The Morgan fingerprint density at radius 1 is 1.16 bits per heavy atom. The Morgan fingerprint density at radius 3 is 2.72 bits per heavy atom. The molecule has 6 heteroatoms. The number of thiazole rings is 1. The van der Waals surface area contributed by atoms with E-state index in [1.54, 1.807) is 11.3 Å². The van der Waals surface area contributed by atoms with Crippen molar-refractivity contribution in [3.63, 3.8) is 0 Å². The van der Waals surface area contributed by atoms with Gasteiger partial charge < -0.3 is 0 Å². The van der Waals surface area contributed by atoms with E-state index in [1.165, 1.54) is 16.1 Å². The SMILES string of the molecule is Cc1ccccc1-c1nc(-c2ccc3c(c2)CCN3S(C)(=O)=O)cs1. The summed E-state index contributed by atoms with van der Waals surface area (Å²) >= 11 is 1.63. The van der Waals surface area contributed by atoms with Gasteiger partial charge in [0.15, 0.2) is 0 Å². The lowest BCUT2D eigenvalue weighted by atomic mass is 10.1. The summed E-state index contributed by atoms with van der Waals surface area (Å²) in [5, 5.41) is 3.07. The maximum absolute atomic E-state index is 11.9. The van der Waals surface area contributed by atoms with Crippen LogP contribution in [0.15, 0.2) is 47.8 Å². The van der Waals surface area contributed by atoms with E-state index in [-0.39, 0.29) is 0 Å². The van der Waals surface area contributed by atoms with Crippen LogP contribution in [-0.4, -0.2) is 26.2 Å². The van der Waals surface area contributed by atoms with Gasteiger partial charge in [-0.15, -0.1) is 11.3 Å². The normalized spacial score (nSPS) is 13.9. The molecular formula is C19H18N2O2S2. The molecule has 1 aliphatic rings. The molecule has 0 aliphatic carbocycles. The second-order valence-corrected chi connectivity index (χ2v) is 9.05. The van der Waals surface area contributed by atoms with E-state index in [4.69, 9.17) is 4.98 Å². The Bertz CT molecular complexity index is 1050. The summed E-state index contributed by atoms with van der Waals surface area (Å²) in [6.07, 6.45) is 2.00. The predicted octanol–water partition coefficient (Wildman–Crippen LogP) is 4.11. The summed E-state index contributed by atoms with van der Waals surface area (Å²) in [5.74, 6) is 0. The van der Waals surface area contributed by atoms with Gasteiger partial charge in [-0.05, 0) is 36.6 Å². The van der Waals surface area contributed by atoms with Crippen molar-refractivity contribution in [2.24, 2.45) is 0 Å². The number of benzene rings is 2. The van der Waals surface area contributed by atoms with Gasteiger partial charge in [-0.2, -0.15) is 0 Å². The summed E-state index contributed by atoms with van der Waals surface area (Å²) < 4.78 is 25.2. The molecule has 0 spiro atoms. The van der Waals surface area contributed by atoms with E-state index in [0.717, 1.165) is 39.5 Å². The zero-order valence-electron chi connectivity index (χ0n) is 14.1. The monoisotopic (exact) mass is 370 g/mol. The molecular weight excluding hydrogens is 352 g/mol. The van der Waals surface area contributed by atoms with Crippen LogP contribution in [0.5, 0.6) is 0 Å². The highest BCUT2D eigenvalue weighted by Gasteiger charge is 2.26. The van der Waals surface area contributed by atoms with Crippen LogP contribution in [0.25, 0.3) is 21.8 Å². The second kappa shape index (κ2) is 5.97. The topological polar surface area (TPSA) is 50.3 Å². The Labute approximate surface area is 151 Å². The van der Waals surface area contributed by atoms with Crippen molar-refractivity contribution in [2.45, 2.75) is 13.3 Å². The summed E-state index contributed by atoms with van der Waals surface area (Å²) in [7, 11) is -3.21. The highest BCUT2D eigenvalue weighted by molar-refractivity contribution is 7.92. The van der Waals surface area contributed by atoms with Crippen LogP contribution in [0, 0.1) is 6.92 Å². The highest BCUT2D eigenvalue weighted by atomic mass is 32.2. The van der Waals surface area contributed by atoms with Gasteiger partial charge >= 0.3 is 0 Å². The molecule has 0 atom stereocenters. The molecule has 128 valence electrons. The summed E-state index contributed by atoms with van der Waals surface area (Å²) in [5.41, 5.74) is 6.19. The molecule has 0 saturated carbocycles. The van der Waals surface area contributed by atoms with Crippen molar-refractivity contribution in [3.8, 4) is 21.8 Å². The first-order valence-corrected chi connectivity index (χ1v) is 10.8. The third kappa shape index (κ3) is 2.96. The van der Waals surface area contributed by atoms with Crippen molar-refractivity contribution in [1.82, 2.24) is 4.98 Å². The standard InChI is InChI=1S/C19H18N2O2S2/c1-13-5-3-4-6-16(13)19-20-17(12-24-19)14-7-8-18-15(11-14)9-10-21(18)25(2,22)23/h3-8,11-12H,9-10H2,1-2H3. The summed E-state index contributed by atoms with van der Waals surface area (Å²) in [6.45, 7) is 2.61. The first-order valence-electron chi connectivity index (χ1n) is 8.06. The molecule has 3 aromatic rings.